The molecule has 4 aliphatic rings. The highest BCUT2D eigenvalue weighted by Crippen LogP contribution is 2.55. The van der Waals surface area contributed by atoms with Crippen molar-refractivity contribution in [2.75, 3.05) is 6.61 Å². The summed E-state index contributed by atoms with van der Waals surface area (Å²) in [6, 6.07) is -0.690. The van der Waals surface area contributed by atoms with Crippen molar-refractivity contribution in [2.45, 2.75) is 135 Å². The van der Waals surface area contributed by atoms with Crippen LogP contribution in [0.5, 0.6) is 0 Å². The second-order valence-corrected chi connectivity index (χ2v) is 11.1. The van der Waals surface area contributed by atoms with E-state index >= 15 is 0 Å². The van der Waals surface area contributed by atoms with Crippen molar-refractivity contribution in [1.29, 1.82) is 0 Å². The summed E-state index contributed by atoms with van der Waals surface area (Å²) in [7, 11) is 0. The first kappa shape index (κ1) is 25.4. The maximum absolute atomic E-state index is 13.0. The minimum atomic E-state index is -0.527. The van der Waals surface area contributed by atoms with Crippen LogP contribution >= 0.6 is 0 Å². The number of amides is 2. The van der Waals surface area contributed by atoms with Crippen LogP contribution in [0.1, 0.15) is 123 Å². The van der Waals surface area contributed by atoms with Crippen LogP contribution in [0.2, 0.25) is 0 Å². The van der Waals surface area contributed by atoms with Crippen molar-refractivity contribution in [3.63, 3.8) is 0 Å². The maximum Gasteiger partial charge on any atom is 0.328 e. The Morgan fingerprint density at radius 2 is 1.34 bits per heavy atom. The lowest BCUT2D eigenvalue weighted by molar-refractivity contribution is -0.146. The maximum atomic E-state index is 13.0. The standard InChI is InChI=1S/C27H48N2O3/c1-3-5-7-8-9-10-11-12-13-24(25(30)32-14-6-4-2)28-26(31)29-27-18-21-15-22(19-27)17-23(16-21)20-27/h21-24H,3-20H2,1-2H3,(H2,28,29,31). The Labute approximate surface area is 196 Å². The number of carbonyl (C=O) groups excluding carboxylic acids is 2. The Morgan fingerprint density at radius 3 is 1.91 bits per heavy atom. The van der Waals surface area contributed by atoms with Crippen LogP contribution in [0.25, 0.3) is 0 Å². The largest absolute Gasteiger partial charge is 0.464 e. The van der Waals surface area contributed by atoms with E-state index in [0.29, 0.717) is 13.0 Å². The van der Waals surface area contributed by atoms with Crippen molar-refractivity contribution in [1.82, 2.24) is 10.6 Å². The number of ether oxygens (including phenoxy) is 1. The van der Waals surface area contributed by atoms with E-state index in [9.17, 15) is 9.59 Å². The summed E-state index contributed by atoms with van der Waals surface area (Å²) in [6.45, 7) is 4.77. The molecule has 0 spiro atoms. The number of carbonyl (C=O) groups is 2. The van der Waals surface area contributed by atoms with Crippen LogP contribution in [-0.2, 0) is 9.53 Å². The summed E-state index contributed by atoms with van der Waals surface area (Å²) < 4.78 is 5.48. The number of hydrogen-bond acceptors (Lipinski definition) is 3. The lowest BCUT2D eigenvalue weighted by atomic mass is 9.53. The summed E-state index contributed by atoms with van der Waals surface area (Å²) in [6.07, 6.45) is 19.8. The first-order valence-electron chi connectivity index (χ1n) is 13.8. The molecule has 2 amide bonds. The zero-order valence-corrected chi connectivity index (χ0v) is 20.8. The number of unbranched alkanes of at least 4 members (excludes halogenated alkanes) is 8. The molecule has 0 aromatic rings. The van der Waals surface area contributed by atoms with Crippen molar-refractivity contribution in [2.24, 2.45) is 17.8 Å². The Hall–Kier alpha value is -1.26. The van der Waals surface area contributed by atoms with Crippen molar-refractivity contribution in [3.8, 4) is 0 Å². The fourth-order valence-corrected chi connectivity index (χ4v) is 6.85. The molecule has 0 aromatic carbocycles. The highest BCUT2D eigenvalue weighted by Gasteiger charge is 2.51. The van der Waals surface area contributed by atoms with E-state index in [1.165, 1.54) is 57.8 Å². The molecule has 0 aromatic heterocycles. The van der Waals surface area contributed by atoms with E-state index in [-0.39, 0.29) is 17.5 Å². The summed E-state index contributed by atoms with van der Waals surface area (Å²) in [4.78, 5) is 25.7. The van der Waals surface area contributed by atoms with Gasteiger partial charge in [0.1, 0.15) is 6.04 Å². The molecule has 0 radical (unpaired) electrons. The van der Waals surface area contributed by atoms with Gasteiger partial charge in [0.2, 0.25) is 0 Å². The number of urea groups is 1. The van der Waals surface area contributed by atoms with Crippen LogP contribution in [0.15, 0.2) is 0 Å². The van der Waals surface area contributed by atoms with Gasteiger partial charge in [0.25, 0.3) is 0 Å². The van der Waals surface area contributed by atoms with Crippen LogP contribution in [-0.4, -0.2) is 30.2 Å². The zero-order valence-electron chi connectivity index (χ0n) is 20.8. The molecule has 5 nitrogen and oxygen atoms in total. The first-order chi connectivity index (χ1) is 15.5. The molecule has 4 aliphatic carbocycles. The molecule has 5 heteroatoms. The van der Waals surface area contributed by atoms with Gasteiger partial charge in [-0.2, -0.15) is 0 Å². The summed E-state index contributed by atoms with van der Waals surface area (Å²) >= 11 is 0. The third kappa shape index (κ3) is 7.66. The molecule has 4 rings (SSSR count). The van der Waals surface area contributed by atoms with E-state index < -0.39 is 6.04 Å². The second-order valence-electron chi connectivity index (χ2n) is 11.1. The molecule has 1 atom stereocenters. The average Bonchev–Trinajstić information content (AvgIpc) is 2.73. The lowest BCUT2D eigenvalue weighted by Gasteiger charge is -2.56. The van der Waals surface area contributed by atoms with Gasteiger partial charge in [0.15, 0.2) is 0 Å². The lowest BCUT2D eigenvalue weighted by Crippen LogP contribution is -2.62. The third-order valence-corrected chi connectivity index (χ3v) is 8.10. The second kappa shape index (κ2) is 12.8. The quantitative estimate of drug-likeness (QED) is 0.222. The summed E-state index contributed by atoms with van der Waals surface area (Å²) in [5.74, 6) is 2.10. The van der Waals surface area contributed by atoms with Crippen LogP contribution in [0, 0.1) is 17.8 Å². The predicted octanol–water partition coefficient (Wildman–Crippen LogP) is 6.50. The smallest absolute Gasteiger partial charge is 0.328 e. The summed E-state index contributed by atoms with van der Waals surface area (Å²) in [5.41, 5.74) is -0.0337. The van der Waals surface area contributed by atoms with Gasteiger partial charge in [-0.15, -0.1) is 0 Å². The molecule has 0 saturated heterocycles. The molecular weight excluding hydrogens is 400 g/mol. The normalized spacial score (nSPS) is 29.0. The number of hydrogen-bond donors (Lipinski definition) is 2. The highest BCUT2D eigenvalue weighted by molar-refractivity contribution is 5.84. The van der Waals surface area contributed by atoms with Gasteiger partial charge < -0.3 is 15.4 Å². The zero-order chi connectivity index (χ0) is 22.8. The summed E-state index contributed by atoms with van der Waals surface area (Å²) in [5, 5.41) is 6.36. The van der Waals surface area contributed by atoms with E-state index in [1.54, 1.807) is 0 Å². The average molecular weight is 449 g/mol. The van der Waals surface area contributed by atoms with Gasteiger partial charge in [-0.1, -0.05) is 71.6 Å². The van der Waals surface area contributed by atoms with Crippen molar-refractivity contribution >= 4 is 12.0 Å². The van der Waals surface area contributed by atoms with E-state index in [1.807, 2.05) is 0 Å². The topological polar surface area (TPSA) is 67.4 Å². The van der Waals surface area contributed by atoms with Crippen LogP contribution < -0.4 is 10.6 Å². The van der Waals surface area contributed by atoms with E-state index in [4.69, 9.17) is 4.74 Å². The van der Waals surface area contributed by atoms with Crippen LogP contribution in [0.3, 0.4) is 0 Å². The van der Waals surface area contributed by atoms with Gasteiger partial charge in [0.05, 0.1) is 6.61 Å². The monoisotopic (exact) mass is 448 g/mol. The number of esters is 1. The molecule has 32 heavy (non-hydrogen) atoms. The SMILES string of the molecule is CCCCCCCCCCC(NC(=O)NC12CC3CC(CC(C3)C1)C2)C(=O)OCCCC. The molecule has 2 N–H and O–H groups in total. The molecule has 184 valence electrons. The Bertz CT molecular complexity index is 556. The van der Waals surface area contributed by atoms with E-state index in [2.05, 4.69) is 24.5 Å². The molecule has 4 fully saturated rings. The Morgan fingerprint density at radius 1 is 0.812 bits per heavy atom. The minimum absolute atomic E-state index is 0.0337. The molecule has 1 unspecified atom stereocenters. The van der Waals surface area contributed by atoms with Gasteiger partial charge in [0, 0.05) is 5.54 Å². The fourth-order valence-electron chi connectivity index (χ4n) is 6.85. The molecule has 0 heterocycles. The van der Waals surface area contributed by atoms with Gasteiger partial charge in [-0.05, 0) is 69.1 Å². The van der Waals surface area contributed by atoms with Gasteiger partial charge in [-0.25, -0.2) is 9.59 Å². The van der Waals surface area contributed by atoms with Crippen LogP contribution in [0.4, 0.5) is 4.79 Å². The first-order valence-corrected chi connectivity index (χ1v) is 13.8. The number of nitrogens with one attached hydrogen (secondary N) is 2. The van der Waals surface area contributed by atoms with Gasteiger partial charge >= 0.3 is 12.0 Å². The Kier molecular flexibility index (Phi) is 10.2. The predicted molar refractivity (Wildman–Crippen MR) is 129 cm³/mol. The molecule has 0 aliphatic heterocycles. The van der Waals surface area contributed by atoms with Crippen molar-refractivity contribution < 1.29 is 14.3 Å². The molecule has 4 bridgehead atoms. The Balaban J connectivity index is 1.44. The highest BCUT2D eigenvalue weighted by atomic mass is 16.5. The third-order valence-electron chi connectivity index (χ3n) is 8.10. The molecule has 4 saturated carbocycles. The van der Waals surface area contributed by atoms with Crippen molar-refractivity contribution in [3.05, 3.63) is 0 Å². The molecular formula is C27H48N2O3. The number of rotatable bonds is 15. The van der Waals surface area contributed by atoms with E-state index in [0.717, 1.165) is 62.7 Å². The fraction of sp³-hybridized carbons (Fsp3) is 0.926. The van der Waals surface area contributed by atoms with Gasteiger partial charge in [-0.3, -0.25) is 0 Å². The minimum Gasteiger partial charge on any atom is -0.464 e.